The van der Waals surface area contributed by atoms with Gasteiger partial charge in [0.05, 0.1) is 35.5 Å². The first-order valence-corrected chi connectivity index (χ1v) is 11.6. The van der Waals surface area contributed by atoms with Crippen molar-refractivity contribution in [1.29, 1.82) is 0 Å². The Labute approximate surface area is 208 Å². The highest BCUT2D eigenvalue weighted by Crippen LogP contribution is 2.44. The van der Waals surface area contributed by atoms with Gasteiger partial charge in [-0.25, -0.2) is 0 Å². The third-order valence-corrected chi connectivity index (χ3v) is 6.72. The zero-order chi connectivity index (χ0) is 24.9. The smallest absolute Gasteiger partial charge is 0.203 e. The number of hydrogen-bond acceptors (Lipinski definition) is 7. The first-order valence-electron chi connectivity index (χ1n) is 10.8. The van der Waals surface area contributed by atoms with Gasteiger partial charge in [-0.05, 0) is 53.4 Å². The van der Waals surface area contributed by atoms with Crippen LogP contribution in [0.2, 0.25) is 0 Å². The van der Waals surface area contributed by atoms with E-state index in [2.05, 4.69) is 18.2 Å². The van der Waals surface area contributed by atoms with Crippen molar-refractivity contribution in [2.45, 2.75) is 0 Å². The van der Waals surface area contributed by atoms with E-state index in [0.717, 1.165) is 21.4 Å². The molecular weight excluding hydrogens is 464 g/mol. The van der Waals surface area contributed by atoms with Gasteiger partial charge in [0.2, 0.25) is 5.75 Å². The minimum atomic E-state index is -0.206. The van der Waals surface area contributed by atoms with Crippen molar-refractivity contribution >= 4 is 33.3 Å². The van der Waals surface area contributed by atoms with Gasteiger partial charge in [-0.2, -0.15) is 0 Å². The van der Waals surface area contributed by atoms with E-state index in [0.29, 0.717) is 34.3 Å². The van der Waals surface area contributed by atoms with E-state index in [1.54, 1.807) is 43.8 Å². The number of hydrogen-bond donors (Lipinski definition) is 0. The Morgan fingerprint density at radius 1 is 0.743 bits per heavy atom. The maximum absolute atomic E-state index is 13.0. The Balaban J connectivity index is 1.73. The second kappa shape index (κ2) is 10.5. The van der Waals surface area contributed by atoms with E-state index < -0.39 is 0 Å². The average Bonchev–Trinajstić information content (AvgIpc) is 3.34. The summed E-state index contributed by atoms with van der Waals surface area (Å²) in [6.07, 6.45) is 3.26. The summed E-state index contributed by atoms with van der Waals surface area (Å²) in [6, 6.07) is 17.4. The maximum Gasteiger partial charge on any atom is 0.203 e. The normalized spacial score (nSPS) is 11.0. The van der Waals surface area contributed by atoms with Crippen LogP contribution in [0.4, 0.5) is 0 Å². The first-order chi connectivity index (χ1) is 17.0. The van der Waals surface area contributed by atoms with E-state index in [4.69, 9.17) is 23.7 Å². The summed E-state index contributed by atoms with van der Waals surface area (Å²) in [7, 11) is 7.77. The Morgan fingerprint density at radius 3 is 1.97 bits per heavy atom. The Bertz CT molecular complexity index is 1340. The molecule has 4 aromatic rings. The maximum atomic E-state index is 13.0. The van der Waals surface area contributed by atoms with Crippen molar-refractivity contribution in [1.82, 2.24) is 0 Å². The third-order valence-electron chi connectivity index (χ3n) is 5.57. The number of ketones is 1. The second-order valence-electron chi connectivity index (χ2n) is 7.56. The molecular formula is C28H26O6S. The predicted octanol–water partition coefficient (Wildman–Crippen LogP) is 6.51. The molecule has 0 aliphatic rings. The van der Waals surface area contributed by atoms with Gasteiger partial charge in [-0.15, -0.1) is 11.3 Å². The number of benzene rings is 3. The number of thiophene rings is 1. The number of methoxy groups -OCH3 is 5. The molecule has 0 N–H and O–H groups in total. The molecule has 1 aromatic heterocycles. The fourth-order valence-corrected chi connectivity index (χ4v) is 4.95. The predicted molar refractivity (Wildman–Crippen MR) is 140 cm³/mol. The third kappa shape index (κ3) is 4.81. The molecule has 0 amide bonds. The van der Waals surface area contributed by atoms with Crippen molar-refractivity contribution in [2.75, 3.05) is 35.5 Å². The van der Waals surface area contributed by atoms with Crippen molar-refractivity contribution < 1.29 is 28.5 Å². The minimum absolute atomic E-state index is 0.206. The molecule has 0 saturated heterocycles. The average molecular weight is 491 g/mol. The van der Waals surface area contributed by atoms with Crippen LogP contribution in [0.25, 0.3) is 26.6 Å². The number of ether oxygens (including phenoxy) is 5. The Morgan fingerprint density at radius 2 is 1.37 bits per heavy atom. The summed E-state index contributed by atoms with van der Waals surface area (Å²) in [5.41, 5.74) is 2.12. The molecule has 180 valence electrons. The van der Waals surface area contributed by atoms with Gasteiger partial charge < -0.3 is 23.7 Å². The Hall–Kier alpha value is -3.97. The number of rotatable bonds is 9. The SMILES string of the molecule is COc1cc(C(=O)C=Cc2cc(OC)c(OC)c(-c3cc4ccccc4s3)c2)cc(OC)c1OC. The zero-order valence-electron chi connectivity index (χ0n) is 20.2. The van der Waals surface area contributed by atoms with Crippen molar-refractivity contribution in [3.63, 3.8) is 0 Å². The van der Waals surface area contributed by atoms with Crippen LogP contribution in [0.15, 0.2) is 60.7 Å². The zero-order valence-corrected chi connectivity index (χ0v) is 21.0. The van der Waals surface area contributed by atoms with Crippen LogP contribution in [-0.2, 0) is 0 Å². The van der Waals surface area contributed by atoms with Gasteiger partial charge in [-0.1, -0.05) is 24.3 Å². The molecule has 0 saturated carbocycles. The molecule has 35 heavy (non-hydrogen) atoms. The summed E-state index contributed by atoms with van der Waals surface area (Å²) < 4.78 is 28.6. The summed E-state index contributed by atoms with van der Waals surface area (Å²) in [4.78, 5) is 14.1. The molecule has 0 fully saturated rings. The molecule has 0 spiro atoms. The van der Waals surface area contributed by atoms with Crippen LogP contribution >= 0.6 is 11.3 Å². The van der Waals surface area contributed by atoms with Gasteiger partial charge in [-0.3, -0.25) is 4.79 Å². The fourth-order valence-electron chi connectivity index (χ4n) is 3.87. The highest BCUT2D eigenvalue weighted by molar-refractivity contribution is 7.22. The van der Waals surface area contributed by atoms with E-state index >= 15 is 0 Å². The van der Waals surface area contributed by atoms with Gasteiger partial charge in [0, 0.05) is 20.7 Å². The van der Waals surface area contributed by atoms with E-state index in [1.165, 1.54) is 32.1 Å². The van der Waals surface area contributed by atoms with Crippen molar-refractivity contribution in [2.24, 2.45) is 0 Å². The van der Waals surface area contributed by atoms with Crippen LogP contribution in [-0.4, -0.2) is 41.3 Å². The summed E-state index contributed by atoms with van der Waals surface area (Å²) in [6.45, 7) is 0. The highest BCUT2D eigenvalue weighted by Gasteiger charge is 2.18. The Kier molecular flexibility index (Phi) is 7.27. The molecule has 0 atom stereocenters. The standard InChI is InChI=1S/C28H26O6S/c1-30-22-13-17(10-11-21(29)19-14-23(31-2)28(34-5)24(15-19)32-3)12-20(27(22)33-4)26-16-18-8-6-7-9-25(18)35-26/h6-16H,1-5H3. The molecule has 0 aliphatic carbocycles. The minimum Gasteiger partial charge on any atom is -0.493 e. The molecule has 6 nitrogen and oxygen atoms in total. The molecule has 0 radical (unpaired) electrons. The number of allylic oxidation sites excluding steroid dienone is 1. The van der Waals surface area contributed by atoms with Crippen LogP contribution in [0, 0.1) is 0 Å². The van der Waals surface area contributed by atoms with Crippen LogP contribution < -0.4 is 23.7 Å². The van der Waals surface area contributed by atoms with Crippen LogP contribution in [0.1, 0.15) is 15.9 Å². The van der Waals surface area contributed by atoms with Crippen molar-refractivity contribution in [3.8, 4) is 39.2 Å². The molecule has 3 aromatic carbocycles. The van der Waals surface area contributed by atoms with Gasteiger partial charge in [0.15, 0.2) is 28.8 Å². The van der Waals surface area contributed by atoms with Crippen LogP contribution in [0.5, 0.6) is 28.7 Å². The monoisotopic (exact) mass is 490 g/mol. The van der Waals surface area contributed by atoms with Crippen molar-refractivity contribution in [3.05, 3.63) is 71.8 Å². The molecule has 0 unspecified atom stereocenters. The highest BCUT2D eigenvalue weighted by atomic mass is 32.1. The topological polar surface area (TPSA) is 63.2 Å². The lowest BCUT2D eigenvalue weighted by molar-refractivity contribution is 0.104. The quantitative estimate of drug-likeness (QED) is 0.197. The summed E-state index contributed by atoms with van der Waals surface area (Å²) in [5, 5.41) is 1.16. The largest absolute Gasteiger partial charge is 0.493 e. The summed E-state index contributed by atoms with van der Waals surface area (Å²) >= 11 is 1.67. The second-order valence-corrected chi connectivity index (χ2v) is 8.65. The van der Waals surface area contributed by atoms with E-state index in [-0.39, 0.29) is 5.78 Å². The van der Waals surface area contributed by atoms with E-state index in [9.17, 15) is 4.79 Å². The fraction of sp³-hybridized carbons (Fsp3) is 0.179. The lowest BCUT2D eigenvalue weighted by atomic mass is 10.0. The number of carbonyl (C=O) groups excluding carboxylic acids is 1. The van der Waals surface area contributed by atoms with Gasteiger partial charge in [0.1, 0.15) is 0 Å². The number of carbonyl (C=O) groups is 1. The molecule has 7 heteroatoms. The molecule has 0 aliphatic heterocycles. The lowest BCUT2D eigenvalue weighted by Gasteiger charge is -2.14. The first kappa shape index (κ1) is 24.2. The number of fused-ring (bicyclic) bond motifs is 1. The summed E-state index contributed by atoms with van der Waals surface area (Å²) in [5.74, 6) is 2.30. The van der Waals surface area contributed by atoms with E-state index in [1.807, 2.05) is 24.3 Å². The van der Waals surface area contributed by atoms with Gasteiger partial charge >= 0.3 is 0 Å². The van der Waals surface area contributed by atoms with Gasteiger partial charge in [0.25, 0.3) is 0 Å². The molecule has 0 bridgehead atoms. The lowest BCUT2D eigenvalue weighted by Crippen LogP contribution is -2.00. The molecule has 4 rings (SSSR count). The van der Waals surface area contributed by atoms with Crippen LogP contribution in [0.3, 0.4) is 0 Å². The molecule has 1 heterocycles.